The van der Waals surface area contributed by atoms with Gasteiger partial charge in [-0.25, -0.2) is 0 Å². The summed E-state index contributed by atoms with van der Waals surface area (Å²) in [6.45, 7) is 0.411. The minimum absolute atomic E-state index is 0.0111. The number of carbonyl (C=O) groups is 1. The first-order valence-electron chi connectivity index (χ1n) is 7.44. The first-order valence-corrected chi connectivity index (χ1v) is 7.44. The van der Waals surface area contributed by atoms with Crippen molar-refractivity contribution in [2.24, 2.45) is 0 Å². The molecule has 3 nitrogen and oxygen atoms in total. The maximum absolute atomic E-state index is 12.1. The number of phenols is 1. The van der Waals surface area contributed by atoms with Crippen LogP contribution >= 0.6 is 0 Å². The van der Waals surface area contributed by atoms with Crippen LogP contribution in [-0.2, 0) is 6.54 Å². The number of para-hydroxylation sites is 1. The molecule has 0 aliphatic heterocycles. The topological polar surface area (TPSA) is 49.3 Å². The molecular weight excluding hydrogens is 286 g/mol. The van der Waals surface area contributed by atoms with E-state index in [-0.39, 0.29) is 17.2 Å². The molecule has 3 rings (SSSR count). The van der Waals surface area contributed by atoms with Gasteiger partial charge in [0.05, 0.1) is 5.56 Å². The Morgan fingerprint density at radius 1 is 0.826 bits per heavy atom. The van der Waals surface area contributed by atoms with E-state index in [4.69, 9.17) is 0 Å². The molecule has 114 valence electrons. The molecule has 0 aromatic heterocycles. The predicted molar refractivity (Wildman–Crippen MR) is 91.2 cm³/mol. The standard InChI is InChI=1S/C20H17NO2/c22-19-12-5-4-11-18(19)20(23)21-14-15-7-6-10-17(13-15)16-8-2-1-3-9-16/h1-13,22H,14H2,(H,21,23). The number of hydrogen-bond donors (Lipinski definition) is 2. The summed E-state index contributed by atoms with van der Waals surface area (Å²) in [6.07, 6.45) is 0. The van der Waals surface area contributed by atoms with Gasteiger partial charge in [-0.05, 0) is 34.9 Å². The van der Waals surface area contributed by atoms with Crippen LogP contribution in [0, 0.1) is 0 Å². The van der Waals surface area contributed by atoms with Gasteiger partial charge in [0.1, 0.15) is 5.75 Å². The first-order chi connectivity index (χ1) is 11.2. The number of nitrogens with one attached hydrogen (secondary N) is 1. The van der Waals surface area contributed by atoms with Crippen molar-refractivity contribution in [3.8, 4) is 16.9 Å². The Morgan fingerprint density at radius 2 is 1.52 bits per heavy atom. The molecule has 1 amide bonds. The van der Waals surface area contributed by atoms with Gasteiger partial charge < -0.3 is 10.4 Å². The van der Waals surface area contributed by atoms with Gasteiger partial charge in [-0.15, -0.1) is 0 Å². The number of amides is 1. The fourth-order valence-corrected chi connectivity index (χ4v) is 2.43. The van der Waals surface area contributed by atoms with Gasteiger partial charge in [0.25, 0.3) is 5.91 Å². The van der Waals surface area contributed by atoms with Crippen LogP contribution in [0.25, 0.3) is 11.1 Å². The summed E-state index contributed by atoms with van der Waals surface area (Å²) in [5.74, 6) is -0.295. The van der Waals surface area contributed by atoms with Crippen LogP contribution in [0.1, 0.15) is 15.9 Å². The molecule has 0 saturated heterocycles. The lowest BCUT2D eigenvalue weighted by atomic mass is 10.0. The molecule has 0 radical (unpaired) electrons. The highest BCUT2D eigenvalue weighted by atomic mass is 16.3. The van der Waals surface area contributed by atoms with Crippen molar-refractivity contribution in [1.29, 1.82) is 0 Å². The molecule has 0 unspecified atom stereocenters. The van der Waals surface area contributed by atoms with Gasteiger partial charge in [0, 0.05) is 6.54 Å². The quantitative estimate of drug-likeness (QED) is 0.765. The molecular formula is C20H17NO2. The summed E-state index contributed by atoms with van der Waals surface area (Å²) in [7, 11) is 0. The second-order valence-electron chi connectivity index (χ2n) is 5.27. The van der Waals surface area contributed by atoms with Gasteiger partial charge in [-0.3, -0.25) is 4.79 Å². The molecule has 0 atom stereocenters. The lowest BCUT2D eigenvalue weighted by Crippen LogP contribution is -2.22. The van der Waals surface area contributed by atoms with Gasteiger partial charge in [0.2, 0.25) is 0 Å². The van der Waals surface area contributed by atoms with Crippen molar-refractivity contribution < 1.29 is 9.90 Å². The normalized spacial score (nSPS) is 10.3. The molecule has 0 heterocycles. The average Bonchev–Trinajstić information content (AvgIpc) is 2.61. The van der Waals surface area contributed by atoms with Crippen molar-refractivity contribution >= 4 is 5.91 Å². The molecule has 0 saturated carbocycles. The highest BCUT2D eigenvalue weighted by Crippen LogP contribution is 2.20. The minimum atomic E-state index is -0.284. The van der Waals surface area contributed by atoms with E-state index in [0.717, 1.165) is 16.7 Å². The number of hydrogen-bond acceptors (Lipinski definition) is 2. The average molecular weight is 303 g/mol. The Kier molecular flexibility index (Phi) is 4.39. The molecule has 0 spiro atoms. The van der Waals surface area contributed by atoms with Gasteiger partial charge in [-0.2, -0.15) is 0 Å². The summed E-state index contributed by atoms with van der Waals surface area (Å²) in [5, 5.41) is 12.5. The molecule has 0 aliphatic rings. The van der Waals surface area contributed by atoms with Crippen LogP contribution in [0.3, 0.4) is 0 Å². The maximum Gasteiger partial charge on any atom is 0.255 e. The number of aromatic hydroxyl groups is 1. The van der Waals surface area contributed by atoms with Crippen LogP contribution in [-0.4, -0.2) is 11.0 Å². The molecule has 0 aliphatic carbocycles. The van der Waals surface area contributed by atoms with E-state index < -0.39 is 0 Å². The number of benzene rings is 3. The second kappa shape index (κ2) is 6.79. The number of rotatable bonds is 4. The molecule has 3 heteroatoms. The Bertz CT molecular complexity index is 813. The summed E-state index contributed by atoms with van der Waals surface area (Å²) in [6, 6.07) is 24.7. The highest BCUT2D eigenvalue weighted by Gasteiger charge is 2.09. The van der Waals surface area contributed by atoms with Crippen LogP contribution in [0.5, 0.6) is 5.75 Å². The van der Waals surface area contributed by atoms with Gasteiger partial charge in [-0.1, -0.05) is 60.7 Å². The third kappa shape index (κ3) is 3.58. The summed E-state index contributed by atoms with van der Waals surface area (Å²) in [4.78, 5) is 12.1. The van der Waals surface area contributed by atoms with Crippen molar-refractivity contribution in [2.75, 3.05) is 0 Å². The summed E-state index contributed by atoms with van der Waals surface area (Å²) < 4.78 is 0. The van der Waals surface area contributed by atoms with Crippen molar-refractivity contribution in [2.45, 2.75) is 6.54 Å². The zero-order valence-electron chi connectivity index (χ0n) is 12.6. The Labute approximate surface area is 135 Å². The van der Waals surface area contributed by atoms with Crippen molar-refractivity contribution in [3.05, 3.63) is 90.0 Å². The van der Waals surface area contributed by atoms with Gasteiger partial charge in [0.15, 0.2) is 0 Å². The van der Waals surface area contributed by atoms with Crippen molar-refractivity contribution in [1.82, 2.24) is 5.32 Å². The van der Waals surface area contributed by atoms with Crippen LogP contribution < -0.4 is 5.32 Å². The zero-order chi connectivity index (χ0) is 16.1. The van der Waals surface area contributed by atoms with Crippen LogP contribution in [0.2, 0.25) is 0 Å². The largest absolute Gasteiger partial charge is 0.507 e. The monoisotopic (exact) mass is 303 g/mol. The van der Waals surface area contributed by atoms with Crippen LogP contribution in [0.4, 0.5) is 0 Å². The lowest BCUT2D eigenvalue weighted by Gasteiger charge is -2.08. The maximum atomic E-state index is 12.1. The third-order valence-corrected chi connectivity index (χ3v) is 3.64. The predicted octanol–water partition coefficient (Wildman–Crippen LogP) is 3.99. The SMILES string of the molecule is O=C(NCc1cccc(-c2ccccc2)c1)c1ccccc1O. The molecule has 0 bridgehead atoms. The zero-order valence-corrected chi connectivity index (χ0v) is 12.6. The molecule has 3 aromatic rings. The first kappa shape index (κ1) is 14.9. The fourth-order valence-electron chi connectivity index (χ4n) is 2.43. The summed E-state index contributed by atoms with van der Waals surface area (Å²) >= 11 is 0. The van der Waals surface area contributed by atoms with E-state index in [1.165, 1.54) is 6.07 Å². The number of phenolic OH excluding ortho intramolecular Hbond substituents is 1. The van der Waals surface area contributed by atoms with E-state index >= 15 is 0 Å². The van der Waals surface area contributed by atoms with E-state index in [1.54, 1.807) is 18.2 Å². The fraction of sp³-hybridized carbons (Fsp3) is 0.0500. The molecule has 0 fully saturated rings. The minimum Gasteiger partial charge on any atom is -0.507 e. The third-order valence-electron chi connectivity index (χ3n) is 3.64. The molecule has 2 N–H and O–H groups in total. The highest BCUT2D eigenvalue weighted by molar-refractivity contribution is 5.96. The van der Waals surface area contributed by atoms with E-state index in [9.17, 15) is 9.90 Å². The van der Waals surface area contributed by atoms with E-state index in [0.29, 0.717) is 6.54 Å². The van der Waals surface area contributed by atoms with E-state index in [2.05, 4.69) is 23.5 Å². The van der Waals surface area contributed by atoms with Gasteiger partial charge >= 0.3 is 0 Å². The smallest absolute Gasteiger partial charge is 0.255 e. The summed E-state index contributed by atoms with van der Waals surface area (Å²) in [5.41, 5.74) is 3.54. The second-order valence-corrected chi connectivity index (χ2v) is 5.27. The van der Waals surface area contributed by atoms with E-state index in [1.807, 2.05) is 36.4 Å². The molecule has 3 aromatic carbocycles. The lowest BCUT2D eigenvalue weighted by molar-refractivity contribution is 0.0948. The number of carbonyl (C=O) groups excluding carboxylic acids is 1. The Balaban J connectivity index is 1.72. The Morgan fingerprint density at radius 3 is 2.30 bits per heavy atom. The van der Waals surface area contributed by atoms with Crippen LogP contribution in [0.15, 0.2) is 78.9 Å². The Hall–Kier alpha value is -3.07. The molecule has 23 heavy (non-hydrogen) atoms. The van der Waals surface area contributed by atoms with Crippen molar-refractivity contribution in [3.63, 3.8) is 0 Å².